The predicted octanol–water partition coefficient (Wildman–Crippen LogP) is 4.01. The molecule has 1 saturated carbocycles. The molecule has 1 aromatic heterocycles. The number of oxazole rings is 1. The van der Waals surface area contributed by atoms with Crippen molar-refractivity contribution >= 4 is 5.91 Å². The van der Waals surface area contributed by atoms with E-state index in [4.69, 9.17) is 9.15 Å². The Balaban J connectivity index is 1.67. The Labute approximate surface area is 167 Å². The van der Waals surface area contributed by atoms with Crippen LogP contribution in [-0.2, 0) is 13.1 Å². The van der Waals surface area contributed by atoms with Crippen molar-refractivity contribution < 1.29 is 13.9 Å². The molecule has 0 saturated heterocycles. The number of rotatable bonds is 10. The van der Waals surface area contributed by atoms with Gasteiger partial charge in [0.15, 0.2) is 5.69 Å². The third-order valence-corrected chi connectivity index (χ3v) is 5.20. The number of aromatic nitrogens is 1. The van der Waals surface area contributed by atoms with Crippen LogP contribution in [0.1, 0.15) is 62.5 Å². The molecule has 28 heavy (non-hydrogen) atoms. The fourth-order valence-corrected chi connectivity index (χ4v) is 3.01. The molecule has 0 aliphatic heterocycles. The molecule has 1 atom stereocenters. The maximum atomic E-state index is 12.2. The Kier molecular flexibility index (Phi) is 6.73. The minimum absolute atomic E-state index is 0.146. The van der Waals surface area contributed by atoms with E-state index >= 15 is 0 Å². The van der Waals surface area contributed by atoms with Gasteiger partial charge in [0.05, 0.1) is 13.2 Å². The number of carbonyl (C=O) groups excluding carboxylic acids is 1. The van der Waals surface area contributed by atoms with E-state index in [-0.39, 0.29) is 5.91 Å². The number of amides is 1. The van der Waals surface area contributed by atoms with Gasteiger partial charge < -0.3 is 14.5 Å². The number of ether oxygens (including phenoxy) is 1. The molecule has 1 heterocycles. The van der Waals surface area contributed by atoms with E-state index < -0.39 is 0 Å². The first-order valence-electron chi connectivity index (χ1n) is 10.2. The van der Waals surface area contributed by atoms with Gasteiger partial charge in [-0.15, -0.1) is 0 Å². The summed E-state index contributed by atoms with van der Waals surface area (Å²) in [5.41, 5.74) is 1.56. The molecule has 3 rings (SSSR count). The molecule has 6 nitrogen and oxygen atoms in total. The van der Waals surface area contributed by atoms with Gasteiger partial charge in [0.2, 0.25) is 5.89 Å². The normalized spacial score (nSPS) is 15.1. The summed E-state index contributed by atoms with van der Waals surface area (Å²) in [7, 11) is 0. The number of hydrogen-bond donors (Lipinski definition) is 1. The Morgan fingerprint density at radius 2 is 1.96 bits per heavy atom. The molecular formula is C22H31N3O3. The Morgan fingerprint density at radius 3 is 2.57 bits per heavy atom. The highest BCUT2D eigenvalue weighted by Crippen LogP contribution is 2.21. The summed E-state index contributed by atoms with van der Waals surface area (Å²) in [5, 5.41) is 2.95. The number of nitrogens with one attached hydrogen (secondary N) is 1. The van der Waals surface area contributed by atoms with Crippen LogP contribution in [0.3, 0.4) is 0 Å². The average Bonchev–Trinajstić information content (AvgIpc) is 3.36. The molecule has 0 radical (unpaired) electrons. The van der Waals surface area contributed by atoms with Crippen LogP contribution in [-0.4, -0.2) is 34.5 Å². The molecule has 0 spiro atoms. The first-order valence-corrected chi connectivity index (χ1v) is 10.2. The van der Waals surface area contributed by atoms with Crippen LogP contribution in [0.15, 0.2) is 34.9 Å². The van der Waals surface area contributed by atoms with Gasteiger partial charge >= 0.3 is 0 Å². The van der Waals surface area contributed by atoms with Crippen molar-refractivity contribution in [3.8, 4) is 5.75 Å². The predicted molar refractivity (Wildman–Crippen MR) is 108 cm³/mol. The lowest BCUT2D eigenvalue weighted by molar-refractivity contribution is 0.0945. The molecule has 1 amide bonds. The van der Waals surface area contributed by atoms with Crippen molar-refractivity contribution in [2.45, 2.75) is 65.7 Å². The summed E-state index contributed by atoms with van der Waals surface area (Å²) < 4.78 is 11.1. The van der Waals surface area contributed by atoms with Crippen LogP contribution in [0.5, 0.6) is 5.75 Å². The third-order valence-electron chi connectivity index (χ3n) is 5.20. The van der Waals surface area contributed by atoms with Gasteiger partial charge in [-0.1, -0.05) is 26.0 Å². The summed E-state index contributed by atoms with van der Waals surface area (Å²) in [6.45, 7) is 10.6. The van der Waals surface area contributed by atoms with Crippen molar-refractivity contribution in [1.82, 2.24) is 15.2 Å². The molecule has 1 aliphatic carbocycles. The van der Waals surface area contributed by atoms with Crippen molar-refractivity contribution in [1.29, 1.82) is 0 Å². The number of hydrogen-bond acceptors (Lipinski definition) is 5. The first-order chi connectivity index (χ1) is 13.5. The van der Waals surface area contributed by atoms with Gasteiger partial charge in [-0.3, -0.25) is 9.69 Å². The molecular weight excluding hydrogens is 354 g/mol. The summed E-state index contributed by atoms with van der Waals surface area (Å²) >= 11 is 0. The van der Waals surface area contributed by atoms with Gasteiger partial charge in [-0.25, -0.2) is 4.98 Å². The molecule has 1 N–H and O–H groups in total. The van der Waals surface area contributed by atoms with Crippen LogP contribution in [0.25, 0.3) is 0 Å². The van der Waals surface area contributed by atoms with Gasteiger partial charge in [0.1, 0.15) is 12.0 Å². The summed E-state index contributed by atoms with van der Waals surface area (Å²) in [4.78, 5) is 18.9. The minimum atomic E-state index is -0.146. The summed E-state index contributed by atoms with van der Waals surface area (Å²) in [6.07, 6.45) is 3.57. The molecule has 1 aliphatic rings. The number of nitrogens with zero attached hydrogens (tertiary/aromatic N) is 2. The summed E-state index contributed by atoms with van der Waals surface area (Å²) in [5.74, 6) is 1.79. The van der Waals surface area contributed by atoms with Crippen molar-refractivity contribution in [3.05, 3.63) is 47.7 Å². The number of benzene rings is 1. The summed E-state index contributed by atoms with van der Waals surface area (Å²) in [6, 6.07) is 8.84. The highest BCUT2D eigenvalue weighted by Gasteiger charge is 2.26. The lowest BCUT2D eigenvalue weighted by Crippen LogP contribution is -2.36. The quantitative estimate of drug-likeness (QED) is 0.669. The van der Waals surface area contributed by atoms with Crippen molar-refractivity contribution in [2.75, 3.05) is 6.61 Å². The molecule has 6 heteroatoms. The molecule has 1 aromatic carbocycles. The monoisotopic (exact) mass is 385 g/mol. The van der Waals surface area contributed by atoms with Crippen molar-refractivity contribution in [2.24, 2.45) is 5.92 Å². The second-order valence-corrected chi connectivity index (χ2v) is 7.84. The highest BCUT2D eigenvalue weighted by atomic mass is 16.5. The molecule has 1 fully saturated rings. The lowest BCUT2D eigenvalue weighted by Gasteiger charge is -2.30. The number of carbonyl (C=O) groups is 1. The third kappa shape index (κ3) is 5.58. The molecule has 0 bridgehead atoms. The van der Waals surface area contributed by atoms with Crippen LogP contribution in [0.4, 0.5) is 0 Å². The fourth-order valence-electron chi connectivity index (χ4n) is 3.01. The minimum Gasteiger partial charge on any atom is -0.494 e. The van der Waals surface area contributed by atoms with E-state index in [9.17, 15) is 4.79 Å². The van der Waals surface area contributed by atoms with Crippen LogP contribution in [0.2, 0.25) is 0 Å². The largest absolute Gasteiger partial charge is 0.494 e. The zero-order valence-corrected chi connectivity index (χ0v) is 17.3. The average molecular weight is 386 g/mol. The van der Waals surface area contributed by atoms with Crippen molar-refractivity contribution in [3.63, 3.8) is 0 Å². The SMILES string of the molecule is CCOc1ccc(CN(Cc2nc(C(=O)NC3CC3)co2)[C@@H](C)C(C)C)cc1. The Morgan fingerprint density at radius 1 is 1.25 bits per heavy atom. The first kappa shape index (κ1) is 20.4. The maximum absolute atomic E-state index is 12.2. The zero-order chi connectivity index (χ0) is 20.1. The van der Waals surface area contributed by atoms with E-state index in [1.165, 1.54) is 11.8 Å². The second kappa shape index (κ2) is 9.24. The van der Waals surface area contributed by atoms with Crippen LogP contribution >= 0.6 is 0 Å². The maximum Gasteiger partial charge on any atom is 0.273 e. The zero-order valence-electron chi connectivity index (χ0n) is 17.3. The smallest absolute Gasteiger partial charge is 0.273 e. The van der Waals surface area contributed by atoms with Crippen LogP contribution < -0.4 is 10.1 Å². The lowest BCUT2D eigenvalue weighted by atomic mass is 10.0. The van der Waals surface area contributed by atoms with Gasteiger partial charge in [0.25, 0.3) is 5.91 Å². The van der Waals surface area contributed by atoms with Gasteiger partial charge in [0, 0.05) is 18.6 Å². The van der Waals surface area contributed by atoms with E-state index in [1.54, 1.807) is 0 Å². The topological polar surface area (TPSA) is 67.6 Å². The highest BCUT2D eigenvalue weighted by molar-refractivity contribution is 5.92. The Bertz CT molecular complexity index is 766. The molecule has 0 unspecified atom stereocenters. The fraction of sp³-hybridized carbons (Fsp3) is 0.545. The van der Waals surface area contributed by atoms with E-state index in [2.05, 4.69) is 48.1 Å². The second-order valence-electron chi connectivity index (χ2n) is 7.84. The standard InChI is InChI=1S/C22H31N3O3/c1-5-27-19-10-6-17(7-11-19)12-25(16(4)15(2)3)13-21-24-20(14-28-21)22(26)23-18-8-9-18/h6-7,10-11,14-16,18H,5,8-9,12-13H2,1-4H3,(H,23,26)/t16-/m0/s1. The van der Waals surface area contributed by atoms with Gasteiger partial charge in [-0.05, 0) is 50.3 Å². The Hall–Kier alpha value is -2.34. The van der Waals surface area contributed by atoms with E-state index in [1.807, 2.05) is 19.1 Å². The van der Waals surface area contributed by atoms with Gasteiger partial charge in [-0.2, -0.15) is 0 Å². The van der Waals surface area contributed by atoms with E-state index in [0.717, 1.165) is 25.1 Å². The van der Waals surface area contributed by atoms with E-state index in [0.29, 0.717) is 42.7 Å². The molecule has 2 aromatic rings. The van der Waals surface area contributed by atoms with Crippen LogP contribution in [0, 0.1) is 5.92 Å². The molecule has 152 valence electrons.